The highest BCUT2D eigenvalue weighted by Gasteiger charge is 2.29. The summed E-state index contributed by atoms with van der Waals surface area (Å²) in [6.45, 7) is 0.839. The molecule has 0 unspecified atom stereocenters. The molecule has 0 amide bonds. The lowest BCUT2D eigenvalue weighted by Gasteiger charge is -2.32. The number of carboxylic acid groups (broad SMARTS) is 1. The van der Waals surface area contributed by atoms with Gasteiger partial charge in [-0.05, 0) is 32.1 Å². The quantitative estimate of drug-likeness (QED) is 0.0753. The first-order chi connectivity index (χ1) is 15.0. The second-order valence-electron chi connectivity index (χ2n) is 8.45. The van der Waals surface area contributed by atoms with E-state index < -0.39 is 30.5 Å². The highest BCUT2D eigenvalue weighted by atomic mass is 16.5. The molecule has 0 aromatic carbocycles. The second-order valence-corrected chi connectivity index (χ2v) is 8.45. The number of rotatable bonds is 22. The van der Waals surface area contributed by atoms with Gasteiger partial charge in [0.2, 0.25) is 0 Å². The largest absolute Gasteiger partial charge is 0.477 e. The first-order valence-corrected chi connectivity index (χ1v) is 12.1. The van der Waals surface area contributed by atoms with E-state index in [1.807, 2.05) is 0 Å². The molecule has 3 N–H and O–H groups in total. The molecular formula is C24H46NO6+. The lowest BCUT2D eigenvalue weighted by Crippen LogP contribution is -2.54. The number of unbranched alkanes of at least 4 members (excludes halogenated alkanes) is 11. The lowest BCUT2D eigenvalue weighted by atomic mass is 10.1. The molecule has 0 spiro atoms. The van der Waals surface area contributed by atoms with Crippen LogP contribution in [-0.4, -0.2) is 64.9 Å². The van der Waals surface area contributed by atoms with Gasteiger partial charge in [0, 0.05) is 6.42 Å². The minimum atomic E-state index is -1.12. The molecule has 0 aliphatic rings. The van der Waals surface area contributed by atoms with Crippen LogP contribution < -0.4 is 0 Å². The van der Waals surface area contributed by atoms with Gasteiger partial charge in [0.05, 0.1) is 0 Å². The number of quaternary nitrogens is 1. The van der Waals surface area contributed by atoms with Gasteiger partial charge in [-0.1, -0.05) is 70.4 Å². The first kappa shape index (κ1) is 29.6. The van der Waals surface area contributed by atoms with Crippen LogP contribution in [0.3, 0.4) is 0 Å². The Bertz CT molecular complexity index is 477. The van der Waals surface area contributed by atoms with Crippen LogP contribution in [0.25, 0.3) is 0 Å². The van der Waals surface area contributed by atoms with Crippen LogP contribution in [0.4, 0.5) is 0 Å². The van der Waals surface area contributed by atoms with Crippen molar-refractivity contribution in [2.24, 2.45) is 0 Å². The third-order valence-electron chi connectivity index (χ3n) is 5.54. The number of allylic oxidation sites excluding steroid dienone is 2. The minimum absolute atomic E-state index is 0.0156. The number of esters is 1. The third kappa shape index (κ3) is 17.9. The average molecular weight is 445 g/mol. The van der Waals surface area contributed by atoms with Gasteiger partial charge >= 0.3 is 11.9 Å². The predicted octanol–water partition coefficient (Wildman–Crippen LogP) is 4.37. The van der Waals surface area contributed by atoms with Gasteiger partial charge in [-0.2, -0.15) is 0 Å². The Morgan fingerprint density at radius 2 is 1.32 bits per heavy atom. The molecule has 0 saturated carbocycles. The number of hydrogen-bond acceptors (Lipinski definition) is 5. The summed E-state index contributed by atoms with van der Waals surface area (Å²) in [6.07, 6.45) is 20.5. The molecule has 31 heavy (non-hydrogen) atoms. The van der Waals surface area contributed by atoms with E-state index in [0.29, 0.717) is 6.42 Å². The van der Waals surface area contributed by atoms with Gasteiger partial charge in [0.1, 0.15) is 13.2 Å². The van der Waals surface area contributed by atoms with Gasteiger partial charge in [-0.15, -0.1) is 0 Å². The van der Waals surface area contributed by atoms with Gasteiger partial charge in [-0.25, -0.2) is 4.79 Å². The number of ether oxygens (including phenoxy) is 1. The smallest absolute Gasteiger partial charge is 0.359 e. The van der Waals surface area contributed by atoms with Crippen LogP contribution in [0.1, 0.15) is 96.8 Å². The molecule has 0 fully saturated rings. The Kier molecular flexibility index (Phi) is 19.5. The van der Waals surface area contributed by atoms with E-state index >= 15 is 0 Å². The van der Waals surface area contributed by atoms with Crippen molar-refractivity contribution in [1.82, 2.24) is 0 Å². The number of carbonyl (C=O) groups excluding carboxylic acids is 1. The maximum absolute atomic E-state index is 11.8. The highest BCUT2D eigenvalue weighted by Crippen LogP contribution is 2.10. The van der Waals surface area contributed by atoms with Crippen molar-refractivity contribution in [1.29, 1.82) is 0 Å². The Balaban J connectivity index is 3.57. The molecule has 0 heterocycles. The SMILES string of the molecule is CCCCCCCC/C=C\CCCCCCCC(=O)OCC[N+](CO)(CO)CC(=O)O. The monoisotopic (exact) mass is 444 g/mol. The zero-order valence-electron chi connectivity index (χ0n) is 19.6. The number of aliphatic hydroxyl groups excluding tert-OH is 2. The fourth-order valence-corrected chi connectivity index (χ4v) is 3.42. The fourth-order valence-electron chi connectivity index (χ4n) is 3.42. The summed E-state index contributed by atoms with van der Waals surface area (Å²) in [5.74, 6) is -1.44. The Hall–Kier alpha value is -1.44. The summed E-state index contributed by atoms with van der Waals surface area (Å²) in [4.78, 5) is 22.6. The van der Waals surface area contributed by atoms with Gasteiger partial charge < -0.3 is 20.1 Å². The molecule has 182 valence electrons. The summed E-state index contributed by atoms with van der Waals surface area (Å²) < 4.78 is 4.69. The zero-order valence-corrected chi connectivity index (χ0v) is 19.6. The lowest BCUT2D eigenvalue weighted by molar-refractivity contribution is -0.955. The summed E-state index contributed by atoms with van der Waals surface area (Å²) in [6, 6.07) is 0. The number of nitrogens with zero attached hydrogens (tertiary/aromatic N) is 1. The van der Waals surface area contributed by atoms with Crippen molar-refractivity contribution in [2.45, 2.75) is 96.8 Å². The Morgan fingerprint density at radius 3 is 1.84 bits per heavy atom. The van der Waals surface area contributed by atoms with E-state index in [1.165, 1.54) is 57.8 Å². The molecule has 0 aliphatic heterocycles. The normalized spacial score (nSPS) is 11.8. The van der Waals surface area contributed by atoms with Crippen molar-refractivity contribution in [3.05, 3.63) is 12.2 Å². The average Bonchev–Trinajstić information content (AvgIpc) is 2.75. The molecule has 0 saturated heterocycles. The van der Waals surface area contributed by atoms with Crippen LogP contribution in [0, 0.1) is 0 Å². The van der Waals surface area contributed by atoms with Crippen LogP contribution in [0.2, 0.25) is 0 Å². The van der Waals surface area contributed by atoms with Gasteiger partial charge in [0.25, 0.3) is 0 Å². The number of carbonyl (C=O) groups is 2. The molecule has 0 bridgehead atoms. The summed E-state index contributed by atoms with van der Waals surface area (Å²) >= 11 is 0. The van der Waals surface area contributed by atoms with Gasteiger partial charge in [0.15, 0.2) is 20.0 Å². The number of carboxylic acids is 1. The van der Waals surface area contributed by atoms with E-state index in [1.54, 1.807) is 0 Å². The molecule has 0 radical (unpaired) electrons. The van der Waals surface area contributed by atoms with E-state index in [0.717, 1.165) is 25.7 Å². The number of aliphatic hydroxyl groups is 2. The van der Waals surface area contributed by atoms with Gasteiger partial charge in [-0.3, -0.25) is 9.28 Å². The topological polar surface area (TPSA) is 104 Å². The summed E-state index contributed by atoms with van der Waals surface area (Å²) in [5.41, 5.74) is 0. The van der Waals surface area contributed by atoms with E-state index in [4.69, 9.17) is 9.84 Å². The number of aliphatic carboxylic acids is 1. The maximum atomic E-state index is 11.8. The summed E-state index contributed by atoms with van der Waals surface area (Å²) in [5, 5.41) is 27.6. The van der Waals surface area contributed by atoms with Crippen molar-refractivity contribution in [3.63, 3.8) is 0 Å². The van der Waals surface area contributed by atoms with Crippen molar-refractivity contribution in [3.8, 4) is 0 Å². The Morgan fingerprint density at radius 1 is 0.806 bits per heavy atom. The number of hydrogen-bond donors (Lipinski definition) is 3. The van der Waals surface area contributed by atoms with Crippen molar-refractivity contribution in [2.75, 3.05) is 33.2 Å². The molecule has 0 rings (SSSR count). The van der Waals surface area contributed by atoms with Crippen LogP contribution in [-0.2, 0) is 14.3 Å². The second kappa shape index (κ2) is 20.5. The molecule has 0 atom stereocenters. The molecule has 0 aliphatic carbocycles. The Labute approximate surface area is 188 Å². The zero-order chi connectivity index (χ0) is 23.2. The van der Waals surface area contributed by atoms with E-state index in [2.05, 4.69) is 19.1 Å². The van der Waals surface area contributed by atoms with Crippen LogP contribution in [0.15, 0.2) is 12.2 Å². The first-order valence-electron chi connectivity index (χ1n) is 12.1. The van der Waals surface area contributed by atoms with E-state index in [-0.39, 0.29) is 19.1 Å². The summed E-state index contributed by atoms with van der Waals surface area (Å²) in [7, 11) is 0. The van der Waals surface area contributed by atoms with E-state index in [9.17, 15) is 19.8 Å². The molecule has 7 nitrogen and oxygen atoms in total. The third-order valence-corrected chi connectivity index (χ3v) is 5.54. The highest BCUT2D eigenvalue weighted by molar-refractivity contribution is 5.69. The van der Waals surface area contributed by atoms with Crippen molar-refractivity contribution < 1.29 is 34.1 Å². The predicted molar refractivity (Wildman–Crippen MR) is 122 cm³/mol. The van der Waals surface area contributed by atoms with Crippen molar-refractivity contribution >= 4 is 11.9 Å². The standard InChI is InChI=1S/C24H45NO6/c1-2-3-4-5-6-7-8-9-10-11-12-13-14-15-16-17-24(30)31-19-18-25(21-26,22-27)20-23(28)29/h9-10,26-27H,2-8,11-22H2,1H3/p+1/b10-9-. The van der Waals surface area contributed by atoms with Crippen LogP contribution in [0.5, 0.6) is 0 Å². The minimum Gasteiger partial charge on any atom is -0.477 e. The molecule has 0 aromatic rings. The van der Waals surface area contributed by atoms with Crippen LogP contribution >= 0.6 is 0 Å². The molecule has 0 aromatic heterocycles. The molecular weight excluding hydrogens is 398 g/mol. The maximum Gasteiger partial charge on any atom is 0.359 e. The fraction of sp³-hybridized carbons (Fsp3) is 0.833. The molecule has 7 heteroatoms.